The monoisotopic (exact) mass is 219 g/mol. The van der Waals surface area contributed by atoms with Gasteiger partial charge in [-0.3, -0.25) is 0 Å². The van der Waals surface area contributed by atoms with E-state index in [4.69, 9.17) is 0 Å². The zero-order valence-electron chi connectivity index (χ0n) is 10.0. The highest BCUT2D eigenvalue weighted by atomic mass is 15.3. The third-order valence-corrected chi connectivity index (χ3v) is 3.04. The maximum absolute atomic E-state index is 4.36. The second-order valence-electron chi connectivity index (χ2n) is 4.75. The molecule has 0 saturated heterocycles. The van der Waals surface area contributed by atoms with E-state index in [2.05, 4.69) is 34.7 Å². The predicted octanol–water partition coefficient (Wildman–Crippen LogP) is 3.06. The van der Waals surface area contributed by atoms with Crippen LogP contribution in [0.3, 0.4) is 0 Å². The van der Waals surface area contributed by atoms with Gasteiger partial charge in [0.25, 0.3) is 0 Å². The lowest BCUT2D eigenvalue weighted by atomic mass is 10.2. The number of hydrogen-bond donors (Lipinski definition) is 1. The highest BCUT2D eigenvalue weighted by Gasteiger charge is 2.23. The van der Waals surface area contributed by atoms with Crippen LogP contribution in [0.25, 0.3) is 0 Å². The van der Waals surface area contributed by atoms with Crippen LogP contribution in [-0.2, 0) is 6.54 Å². The largest absolute Gasteiger partial charge is 0.368 e. The van der Waals surface area contributed by atoms with Gasteiger partial charge in [0.05, 0.1) is 6.20 Å². The van der Waals surface area contributed by atoms with Crippen LogP contribution in [0.4, 0.5) is 5.82 Å². The molecular weight excluding hydrogens is 198 g/mol. The van der Waals surface area contributed by atoms with Gasteiger partial charge in [0.15, 0.2) is 0 Å². The van der Waals surface area contributed by atoms with Crippen LogP contribution < -0.4 is 5.32 Å². The summed E-state index contributed by atoms with van der Waals surface area (Å²) >= 11 is 0. The third kappa shape index (κ3) is 3.12. The van der Waals surface area contributed by atoms with Crippen LogP contribution in [0.2, 0.25) is 0 Å². The van der Waals surface area contributed by atoms with Crippen LogP contribution in [0.1, 0.15) is 32.6 Å². The van der Waals surface area contributed by atoms with Crippen molar-refractivity contribution in [3.8, 4) is 0 Å². The molecule has 3 nitrogen and oxygen atoms in total. The number of allylic oxidation sites excluding steroid dienone is 1. The van der Waals surface area contributed by atoms with Crippen LogP contribution >= 0.6 is 0 Å². The molecule has 1 aliphatic rings. The van der Waals surface area contributed by atoms with Gasteiger partial charge in [-0.25, -0.2) is 4.68 Å². The van der Waals surface area contributed by atoms with Gasteiger partial charge in [-0.1, -0.05) is 6.08 Å². The number of aromatic nitrogens is 2. The van der Waals surface area contributed by atoms with Crippen molar-refractivity contribution in [2.75, 3.05) is 5.32 Å². The van der Waals surface area contributed by atoms with E-state index in [9.17, 15) is 0 Å². The molecule has 1 N–H and O–H groups in total. The highest BCUT2D eigenvalue weighted by Crippen LogP contribution is 2.31. The summed E-state index contributed by atoms with van der Waals surface area (Å²) in [5.74, 6) is 2.02. The van der Waals surface area contributed by atoms with E-state index in [1.165, 1.54) is 12.8 Å². The van der Waals surface area contributed by atoms with Crippen molar-refractivity contribution in [3.05, 3.63) is 24.9 Å². The molecule has 3 heteroatoms. The number of anilines is 1. The molecule has 0 aromatic carbocycles. The molecule has 0 radical (unpaired) electrons. The Morgan fingerprint density at radius 1 is 1.69 bits per heavy atom. The van der Waals surface area contributed by atoms with Gasteiger partial charge < -0.3 is 5.32 Å². The summed E-state index contributed by atoms with van der Waals surface area (Å²) < 4.78 is 2.10. The van der Waals surface area contributed by atoms with Crippen molar-refractivity contribution >= 4 is 5.82 Å². The van der Waals surface area contributed by atoms with E-state index in [1.54, 1.807) is 0 Å². The molecule has 1 aromatic rings. The molecule has 88 valence electrons. The smallest absolute Gasteiger partial charge is 0.124 e. The maximum Gasteiger partial charge on any atom is 0.124 e. The second-order valence-corrected chi connectivity index (χ2v) is 4.75. The number of nitrogens with one attached hydrogen (secondary N) is 1. The van der Waals surface area contributed by atoms with Gasteiger partial charge in [0.2, 0.25) is 0 Å². The fraction of sp³-hybridized carbons (Fsp3) is 0.615. The molecule has 1 aromatic heterocycles. The molecule has 1 fully saturated rings. The summed E-state index contributed by atoms with van der Waals surface area (Å²) in [5, 5.41) is 7.87. The zero-order valence-corrected chi connectivity index (χ0v) is 10.0. The van der Waals surface area contributed by atoms with Crippen molar-refractivity contribution in [2.45, 2.75) is 45.2 Å². The fourth-order valence-corrected chi connectivity index (χ4v) is 1.84. The maximum atomic E-state index is 4.36. The van der Waals surface area contributed by atoms with Crippen molar-refractivity contribution in [3.63, 3.8) is 0 Å². The SMILES string of the molecule is C=CCCC(C)Nc1ccnn1CC1CC1. The van der Waals surface area contributed by atoms with Crippen LogP contribution in [0, 0.1) is 5.92 Å². The Labute approximate surface area is 97.5 Å². The third-order valence-electron chi connectivity index (χ3n) is 3.04. The summed E-state index contributed by atoms with van der Waals surface area (Å²) in [7, 11) is 0. The minimum absolute atomic E-state index is 0.479. The molecule has 1 saturated carbocycles. The van der Waals surface area contributed by atoms with Crippen LogP contribution in [0.15, 0.2) is 24.9 Å². The second kappa shape index (κ2) is 5.19. The number of rotatable bonds is 7. The van der Waals surface area contributed by atoms with Crippen molar-refractivity contribution in [1.82, 2.24) is 9.78 Å². The van der Waals surface area contributed by atoms with Crippen molar-refractivity contribution in [1.29, 1.82) is 0 Å². The first-order chi connectivity index (χ1) is 7.79. The van der Waals surface area contributed by atoms with Gasteiger partial charge >= 0.3 is 0 Å². The van der Waals surface area contributed by atoms with E-state index >= 15 is 0 Å². The summed E-state index contributed by atoms with van der Waals surface area (Å²) in [6, 6.07) is 2.54. The Balaban J connectivity index is 1.86. The standard InChI is InChI=1S/C13H21N3/c1-3-4-5-11(2)15-13-8-9-14-16(13)10-12-6-7-12/h3,8-9,11-12,15H,1,4-7,10H2,2H3. The van der Waals surface area contributed by atoms with Crippen molar-refractivity contribution in [2.24, 2.45) is 5.92 Å². The summed E-state index contributed by atoms with van der Waals surface area (Å²) in [6.45, 7) is 7.03. The van der Waals surface area contributed by atoms with Crippen molar-refractivity contribution < 1.29 is 0 Å². The number of nitrogens with zero attached hydrogens (tertiary/aromatic N) is 2. The summed E-state index contributed by atoms with van der Waals surface area (Å²) in [6.07, 6.45) is 8.77. The minimum Gasteiger partial charge on any atom is -0.368 e. The summed E-state index contributed by atoms with van der Waals surface area (Å²) in [4.78, 5) is 0. The molecule has 1 unspecified atom stereocenters. The average molecular weight is 219 g/mol. The van der Waals surface area contributed by atoms with Crippen LogP contribution in [-0.4, -0.2) is 15.8 Å². The first-order valence-electron chi connectivity index (χ1n) is 6.19. The Hall–Kier alpha value is -1.25. The van der Waals surface area contributed by atoms with E-state index in [1.807, 2.05) is 12.3 Å². The molecule has 1 atom stereocenters. The van der Waals surface area contributed by atoms with Gasteiger partial charge in [-0.05, 0) is 38.5 Å². The Kier molecular flexibility index (Phi) is 3.65. The molecule has 1 heterocycles. The normalized spacial score (nSPS) is 17.1. The molecule has 0 aliphatic heterocycles. The molecule has 0 spiro atoms. The molecule has 16 heavy (non-hydrogen) atoms. The van der Waals surface area contributed by atoms with E-state index in [0.717, 1.165) is 31.1 Å². The lowest BCUT2D eigenvalue weighted by molar-refractivity contribution is 0.562. The Morgan fingerprint density at radius 3 is 3.19 bits per heavy atom. The lowest BCUT2D eigenvalue weighted by Gasteiger charge is -2.15. The quantitative estimate of drug-likeness (QED) is 0.714. The molecular formula is C13H21N3. The first kappa shape index (κ1) is 11.2. The molecule has 1 aliphatic carbocycles. The van der Waals surface area contributed by atoms with Gasteiger partial charge in [-0.2, -0.15) is 5.10 Å². The average Bonchev–Trinajstić information content (AvgIpc) is 2.98. The summed E-state index contributed by atoms with van der Waals surface area (Å²) in [5.41, 5.74) is 0. The predicted molar refractivity (Wildman–Crippen MR) is 67.5 cm³/mol. The molecule has 0 bridgehead atoms. The van der Waals surface area contributed by atoms with Gasteiger partial charge in [0.1, 0.15) is 5.82 Å². The number of hydrogen-bond acceptors (Lipinski definition) is 2. The molecule has 2 rings (SSSR count). The molecule has 0 amide bonds. The van der Waals surface area contributed by atoms with E-state index in [0.29, 0.717) is 6.04 Å². The Bertz CT molecular complexity index is 339. The van der Waals surface area contributed by atoms with E-state index in [-0.39, 0.29) is 0 Å². The highest BCUT2D eigenvalue weighted by molar-refractivity contribution is 5.35. The lowest BCUT2D eigenvalue weighted by Crippen LogP contribution is -2.18. The van der Waals surface area contributed by atoms with E-state index < -0.39 is 0 Å². The van der Waals surface area contributed by atoms with Crippen LogP contribution in [0.5, 0.6) is 0 Å². The van der Waals surface area contributed by atoms with Gasteiger partial charge in [-0.15, -0.1) is 6.58 Å². The fourth-order valence-electron chi connectivity index (χ4n) is 1.84. The van der Waals surface area contributed by atoms with Gasteiger partial charge in [0, 0.05) is 18.7 Å². The first-order valence-corrected chi connectivity index (χ1v) is 6.19. The zero-order chi connectivity index (χ0) is 11.4. The topological polar surface area (TPSA) is 29.9 Å². The minimum atomic E-state index is 0.479. The Morgan fingerprint density at radius 2 is 2.50 bits per heavy atom.